The molecule has 1 aliphatic carbocycles. The Balaban J connectivity index is 2.21. The molecule has 0 radical (unpaired) electrons. The summed E-state index contributed by atoms with van der Waals surface area (Å²) in [6.07, 6.45) is 6.23. The lowest BCUT2D eigenvalue weighted by atomic mass is 9.93. The van der Waals surface area contributed by atoms with Crippen molar-refractivity contribution < 1.29 is 4.79 Å². The molecule has 0 atom stereocenters. The number of pyridine rings is 1. The molecule has 0 bridgehead atoms. The average molecular weight is 309 g/mol. The van der Waals surface area contributed by atoms with Crippen LogP contribution >= 0.6 is 0 Å². The second kappa shape index (κ2) is 6.53. The third-order valence-corrected chi connectivity index (χ3v) is 4.87. The van der Waals surface area contributed by atoms with Gasteiger partial charge in [-0.1, -0.05) is 43.0 Å². The first-order chi connectivity index (χ1) is 11.1. The molecular formula is C20H23NO2. The van der Waals surface area contributed by atoms with E-state index in [0.717, 1.165) is 42.5 Å². The number of aromatic nitrogens is 1. The summed E-state index contributed by atoms with van der Waals surface area (Å²) >= 11 is 0. The molecule has 0 aliphatic heterocycles. The van der Waals surface area contributed by atoms with Gasteiger partial charge in [0, 0.05) is 11.6 Å². The topological polar surface area (TPSA) is 39.1 Å². The Labute approximate surface area is 137 Å². The maximum Gasteiger partial charge on any atom is 0.261 e. The van der Waals surface area contributed by atoms with E-state index in [-0.39, 0.29) is 17.2 Å². The molecule has 1 aromatic heterocycles. The summed E-state index contributed by atoms with van der Waals surface area (Å²) in [4.78, 5) is 24.0. The molecule has 3 heteroatoms. The molecule has 120 valence electrons. The van der Waals surface area contributed by atoms with Crippen molar-refractivity contribution in [3.05, 3.63) is 57.4 Å². The van der Waals surface area contributed by atoms with E-state index < -0.39 is 0 Å². The van der Waals surface area contributed by atoms with Crippen molar-refractivity contribution in [2.75, 3.05) is 0 Å². The number of hydrogen-bond donors (Lipinski definition) is 0. The van der Waals surface area contributed by atoms with Gasteiger partial charge in [0.25, 0.3) is 5.56 Å². The van der Waals surface area contributed by atoms with Crippen LogP contribution in [0.4, 0.5) is 0 Å². The van der Waals surface area contributed by atoms with Gasteiger partial charge in [-0.25, -0.2) is 0 Å². The number of benzene rings is 1. The van der Waals surface area contributed by atoms with Crippen LogP contribution in [0.1, 0.15) is 59.6 Å². The van der Waals surface area contributed by atoms with Crippen LogP contribution in [0.2, 0.25) is 0 Å². The summed E-state index contributed by atoms with van der Waals surface area (Å²) in [6, 6.07) is 10.1. The van der Waals surface area contributed by atoms with Crippen LogP contribution in [-0.2, 0) is 0 Å². The fourth-order valence-electron chi connectivity index (χ4n) is 3.68. The molecule has 0 amide bonds. The van der Waals surface area contributed by atoms with Gasteiger partial charge < -0.3 is 4.57 Å². The van der Waals surface area contributed by atoms with Crippen LogP contribution in [0.5, 0.6) is 0 Å². The van der Waals surface area contributed by atoms with Gasteiger partial charge in [-0.15, -0.1) is 0 Å². The zero-order valence-corrected chi connectivity index (χ0v) is 13.8. The quantitative estimate of drug-likeness (QED) is 0.786. The van der Waals surface area contributed by atoms with Gasteiger partial charge in [0.15, 0.2) is 6.29 Å². The SMILES string of the molecule is Cc1ccc(-c2ccc(C=O)c(=O)n2C2CCCCC2)c(C)c1. The van der Waals surface area contributed by atoms with Gasteiger partial charge in [-0.3, -0.25) is 9.59 Å². The van der Waals surface area contributed by atoms with Crippen molar-refractivity contribution in [3.8, 4) is 11.3 Å². The first kappa shape index (κ1) is 15.7. The van der Waals surface area contributed by atoms with Crippen LogP contribution < -0.4 is 5.56 Å². The molecule has 3 rings (SSSR count). The largest absolute Gasteiger partial charge is 0.305 e. The number of carbonyl (C=O) groups is 1. The normalized spacial score (nSPS) is 15.6. The summed E-state index contributed by atoms with van der Waals surface area (Å²) in [5.41, 5.74) is 4.49. The first-order valence-electron chi connectivity index (χ1n) is 8.40. The number of hydrogen-bond acceptors (Lipinski definition) is 2. The molecular weight excluding hydrogens is 286 g/mol. The molecule has 1 saturated carbocycles. The van der Waals surface area contributed by atoms with Crippen LogP contribution in [0, 0.1) is 13.8 Å². The summed E-state index contributed by atoms with van der Waals surface area (Å²) in [5, 5.41) is 0. The average Bonchev–Trinajstić information content (AvgIpc) is 2.55. The van der Waals surface area contributed by atoms with E-state index in [1.165, 1.54) is 12.0 Å². The van der Waals surface area contributed by atoms with Crippen molar-refractivity contribution in [1.82, 2.24) is 4.57 Å². The van der Waals surface area contributed by atoms with Gasteiger partial charge in [0.1, 0.15) is 0 Å². The summed E-state index contributed by atoms with van der Waals surface area (Å²) < 4.78 is 1.88. The van der Waals surface area contributed by atoms with E-state index in [9.17, 15) is 9.59 Å². The molecule has 1 aliphatic rings. The second-order valence-corrected chi connectivity index (χ2v) is 6.58. The monoisotopic (exact) mass is 309 g/mol. The minimum Gasteiger partial charge on any atom is -0.305 e. The third kappa shape index (κ3) is 3.00. The predicted octanol–water partition coefficient (Wildman–Crippen LogP) is 4.45. The van der Waals surface area contributed by atoms with Crippen LogP contribution in [0.25, 0.3) is 11.3 Å². The Hall–Kier alpha value is -2.16. The summed E-state index contributed by atoms with van der Waals surface area (Å²) in [6.45, 7) is 4.14. The van der Waals surface area contributed by atoms with Crippen molar-refractivity contribution in [3.63, 3.8) is 0 Å². The van der Waals surface area contributed by atoms with E-state index in [1.54, 1.807) is 6.07 Å². The van der Waals surface area contributed by atoms with Gasteiger partial charge in [-0.05, 0) is 44.4 Å². The number of nitrogens with zero attached hydrogens (tertiary/aromatic N) is 1. The van der Waals surface area contributed by atoms with Crippen LogP contribution in [-0.4, -0.2) is 10.9 Å². The van der Waals surface area contributed by atoms with Gasteiger partial charge >= 0.3 is 0 Å². The van der Waals surface area contributed by atoms with Gasteiger partial charge in [0.05, 0.1) is 11.3 Å². The van der Waals surface area contributed by atoms with Crippen molar-refractivity contribution >= 4 is 6.29 Å². The highest BCUT2D eigenvalue weighted by Crippen LogP contribution is 2.32. The fourth-order valence-corrected chi connectivity index (χ4v) is 3.68. The zero-order valence-electron chi connectivity index (χ0n) is 13.8. The predicted molar refractivity (Wildman–Crippen MR) is 93.1 cm³/mol. The molecule has 0 unspecified atom stereocenters. The molecule has 0 spiro atoms. The van der Waals surface area contributed by atoms with Gasteiger partial charge in [-0.2, -0.15) is 0 Å². The highest BCUT2D eigenvalue weighted by Gasteiger charge is 2.21. The Kier molecular flexibility index (Phi) is 4.46. The Morgan fingerprint density at radius 3 is 2.43 bits per heavy atom. The number of aldehydes is 1. The smallest absolute Gasteiger partial charge is 0.261 e. The summed E-state index contributed by atoms with van der Waals surface area (Å²) in [7, 11) is 0. The minimum absolute atomic E-state index is 0.149. The molecule has 23 heavy (non-hydrogen) atoms. The minimum atomic E-state index is -0.149. The third-order valence-electron chi connectivity index (χ3n) is 4.87. The summed E-state index contributed by atoms with van der Waals surface area (Å²) in [5.74, 6) is 0. The van der Waals surface area contributed by atoms with E-state index >= 15 is 0 Å². The molecule has 2 aromatic rings. The lowest BCUT2D eigenvalue weighted by molar-refractivity contribution is 0.112. The highest BCUT2D eigenvalue weighted by atomic mass is 16.1. The maximum absolute atomic E-state index is 12.8. The Morgan fingerprint density at radius 2 is 1.78 bits per heavy atom. The van der Waals surface area contributed by atoms with E-state index in [0.29, 0.717) is 6.29 Å². The lowest BCUT2D eigenvalue weighted by Gasteiger charge is -2.27. The van der Waals surface area contributed by atoms with E-state index in [4.69, 9.17) is 0 Å². The zero-order chi connectivity index (χ0) is 16.4. The van der Waals surface area contributed by atoms with Gasteiger partial charge in [0.2, 0.25) is 0 Å². The highest BCUT2D eigenvalue weighted by molar-refractivity contribution is 5.76. The number of rotatable bonds is 3. The van der Waals surface area contributed by atoms with E-state index in [2.05, 4.69) is 32.0 Å². The second-order valence-electron chi connectivity index (χ2n) is 6.58. The maximum atomic E-state index is 12.8. The van der Waals surface area contributed by atoms with E-state index in [1.807, 2.05) is 10.6 Å². The number of carbonyl (C=O) groups excluding carboxylic acids is 1. The van der Waals surface area contributed by atoms with Crippen molar-refractivity contribution in [2.45, 2.75) is 52.0 Å². The Morgan fingerprint density at radius 1 is 1.04 bits per heavy atom. The standard InChI is InChI=1S/C20H23NO2/c1-14-8-10-18(15(2)12-14)19-11-9-16(13-22)20(23)21(19)17-6-4-3-5-7-17/h8-13,17H,3-7H2,1-2H3. The molecule has 1 aromatic carbocycles. The Bertz CT molecular complexity index is 783. The molecule has 0 saturated heterocycles. The fraction of sp³-hybridized carbons (Fsp3) is 0.400. The lowest BCUT2D eigenvalue weighted by Crippen LogP contribution is -2.30. The molecule has 1 fully saturated rings. The van der Waals surface area contributed by atoms with Crippen molar-refractivity contribution in [2.24, 2.45) is 0 Å². The number of aryl methyl sites for hydroxylation is 2. The van der Waals surface area contributed by atoms with Crippen LogP contribution in [0.3, 0.4) is 0 Å². The molecule has 0 N–H and O–H groups in total. The van der Waals surface area contributed by atoms with Crippen LogP contribution in [0.15, 0.2) is 35.1 Å². The molecule has 3 nitrogen and oxygen atoms in total. The first-order valence-corrected chi connectivity index (χ1v) is 8.40. The van der Waals surface area contributed by atoms with Crippen molar-refractivity contribution in [1.29, 1.82) is 0 Å². The molecule has 1 heterocycles.